The van der Waals surface area contributed by atoms with Crippen LogP contribution in [0.3, 0.4) is 0 Å². The lowest BCUT2D eigenvalue weighted by molar-refractivity contribution is -0.140. The maximum atomic E-state index is 12.9. The zero-order valence-corrected chi connectivity index (χ0v) is 16.4. The summed E-state index contributed by atoms with van der Waals surface area (Å²) in [4.78, 5) is 17.2. The molecule has 1 saturated heterocycles. The van der Waals surface area contributed by atoms with Gasteiger partial charge in [-0.15, -0.1) is 0 Å². The molecule has 0 aromatic heterocycles. The van der Waals surface area contributed by atoms with E-state index in [4.69, 9.17) is 0 Å². The van der Waals surface area contributed by atoms with Crippen LogP contribution in [0.2, 0.25) is 0 Å². The predicted octanol–water partition coefficient (Wildman–Crippen LogP) is 3.47. The van der Waals surface area contributed by atoms with Gasteiger partial charge in [0.25, 0.3) is 0 Å². The molecule has 1 amide bonds. The summed E-state index contributed by atoms with van der Waals surface area (Å²) in [6.07, 6.45) is 1.45. The summed E-state index contributed by atoms with van der Waals surface area (Å²) in [5.41, 5.74) is 0.996. The average molecular weight is 347 g/mol. The number of aliphatic hydroxyl groups is 1. The van der Waals surface area contributed by atoms with Crippen molar-refractivity contribution in [2.24, 2.45) is 5.92 Å². The molecule has 4 heteroatoms. The minimum Gasteiger partial charge on any atom is -0.388 e. The SMILES string of the molecule is CC(C(=O)N(C(C)C)C(C)C)N1CCC(C(O)c2ccccc2)CC1. The van der Waals surface area contributed by atoms with Gasteiger partial charge in [-0.3, -0.25) is 9.69 Å². The third-order valence-corrected chi connectivity index (χ3v) is 5.43. The number of hydrogen-bond donors (Lipinski definition) is 1. The van der Waals surface area contributed by atoms with Gasteiger partial charge < -0.3 is 10.0 Å². The third-order valence-electron chi connectivity index (χ3n) is 5.43. The van der Waals surface area contributed by atoms with Gasteiger partial charge in [0.1, 0.15) is 0 Å². The molecule has 1 aromatic carbocycles. The predicted molar refractivity (Wildman–Crippen MR) is 102 cm³/mol. The molecular formula is C21H34N2O2. The van der Waals surface area contributed by atoms with E-state index in [-0.39, 0.29) is 30.0 Å². The van der Waals surface area contributed by atoms with Crippen molar-refractivity contribution in [1.29, 1.82) is 0 Å². The highest BCUT2D eigenvalue weighted by atomic mass is 16.3. The van der Waals surface area contributed by atoms with Crippen LogP contribution in [0.15, 0.2) is 30.3 Å². The molecule has 1 N–H and O–H groups in total. The molecule has 1 fully saturated rings. The van der Waals surface area contributed by atoms with Crippen molar-refractivity contribution in [3.8, 4) is 0 Å². The van der Waals surface area contributed by atoms with E-state index in [1.807, 2.05) is 42.2 Å². The lowest BCUT2D eigenvalue weighted by Gasteiger charge is -2.40. The molecule has 0 saturated carbocycles. The molecule has 0 aliphatic carbocycles. The molecule has 1 heterocycles. The topological polar surface area (TPSA) is 43.8 Å². The highest BCUT2D eigenvalue weighted by molar-refractivity contribution is 5.82. The number of piperidine rings is 1. The molecule has 2 unspecified atom stereocenters. The van der Waals surface area contributed by atoms with Crippen LogP contribution < -0.4 is 0 Å². The number of carbonyl (C=O) groups excluding carboxylic acids is 1. The smallest absolute Gasteiger partial charge is 0.240 e. The van der Waals surface area contributed by atoms with Gasteiger partial charge in [-0.25, -0.2) is 0 Å². The van der Waals surface area contributed by atoms with E-state index in [2.05, 4.69) is 32.6 Å². The first-order valence-corrected chi connectivity index (χ1v) is 9.62. The largest absolute Gasteiger partial charge is 0.388 e. The van der Waals surface area contributed by atoms with Crippen LogP contribution >= 0.6 is 0 Å². The Labute approximate surface area is 152 Å². The first-order chi connectivity index (χ1) is 11.8. The van der Waals surface area contributed by atoms with Gasteiger partial charge in [0, 0.05) is 12.1 Å². The van der Waals surface area contributed by atoms with Gasteiger partial charge in [0.05, 0.1) is 12.1 Å². The Bertz CT molecular complexity index is 528. The Balaban J connectivity index is 1.94. The van der Waals surface area contributed by atoms with Gasteiger partial charge in [-0.05, 0) is 72.0 Å². The first-order valence-electron chi connectivity index (χ1n) is 9.62. The van der Waals surface area contributed by atoms with Gasteiger partial charge in [-0.2, -0.15) is 0 Å². The molecule has 0 spiro atoms. The summed E-state index contributed by atoms with van der Waals surface area (Å²) in [7, 11) is 0. The van der Waals surface area contributed by atoms with E-state index >= 15 is 0 Å². The van der Waals surface area contributed by atoms with Crippen LogP contribution in [0.4, 0.5) is 0 Å². The Morgan fingerprint density at radius 2 is 1.56 bits per heavy atom. The number of nitrogens with zero attached hydrogens (tertiary/aromatic N) is 2. The molecule has 1 aliphatic rings. The number of amides is 1. The quantitative estimate of drug-likeness (QED) is 0.858. The fraction of sp³-hybridized carbons (Fsp3) is 0.667. The first kappa shape index (κ1) is 19.9. The van der Waals surface area contributed by atoms with Gasteiger partial charge >= 0.3 is 0 Å². The van der Waals surface area contributed by atoms with E-state index in [0.29, 0.717) is 0 Å². The van der Waals surface area contributed by atoms with Gasteiger partial charge in [0.15, 0.2) is 0 Å². The minimum absolute atomic E-state index is 0.0976. The second-order valence-electron chi connectivity index (χ2n) is 7.84. The molecule has 2 rings (SSSR count). The maximum Gasteiger partial charge on any atom is 0.240 e. The number of benzene rings is 1. The van der Waals surface area contributed by atoms with Crippen LogP contribution in [0.5, 0.6) is 0 Å². The van der Waals surface area contributed by atoms with Crippen LogP contribution in [0.25, 0.3) is 0 Å². The fourth-order valence-corrected chi connectivity index (χ4v) is 4.02. The molecule has 1 aromatic rings. The maximum absolute atomic E-state index is 12.9. The Kier molecular flexibility index (Phi) is 7.03. The van der Waals surface area contributed by atoms with Crippen molar-refractivity contribution in [2.45, 2.75) is 71.7 Å². The lowest BCUT2D eigenvalue weighted by Crippen LogP contribution is -2.53. The van der Waals surface area contributed by atoms with Crippen molar-refractivity contribution < 1.29 is 9.90 Å². The van der Waals surface area contributed by atoms with Crippen LogP contribution in [0.1, 0.15) is 59.1 Å². The van der Waals surface area contributed by atoms with E-state index in [0.717, 1.165) is 31.5 Å². The standard InChI is InChI=1S/C21H34N2O2/c1-15(2)23(16(3)4)21(25)17(5)22-13-11-19(12-14-22)20(24)18-9-7-6-8-10-18/h6-10,15-17,19-20,24H,11-14H2,1-5H3. The van der Waals surface area contributed by atoms with Crippen molar-refractivity contribution in [1.82, 2.24) is 9.80 Å². The molecule has 25 heavy (non-hydrogen) atoms. The number of hydrogen-bond acceptors (Lipinski definition) is 3. The van der Waals surface area contributed by atoms with Gasteiger partial charge in [-0.1, -0.05) is 30.3 Å². The molecule has 0 radical (unpaired) electrons. The highest BCUT2D eigenvalue weighted by Crippen LogP contribution is 2.31. The Morgan fingerprint density at radius 3 is 2.04 bits per heavy atom. The van der Waals surface area contributed by atoms with Crippen molar-refractivity contribution in [2.75, 3.05) is 13.1 Å². The Hall–Kier alpha value is -1.39. The number of likely N-dealkylation sites (tertiary alicyclic amines) is 1. The Morgan fingerprint density at radius 1 is 1.04 bits per heavy atom. The van der Waals surface area contributed by atoms with Crippen LogP contribution in [-0.2, 0) is 4.79 Å². The van der Waals surface area contributed by atoms with E-state index in [1.165, 1.54) is 0 Å². The summed E-state index contributed by atoms with van der Waals surface area (Å²) >= 11 is 0. The third kappa shape index (κ3) is 4.83. The normalized spacial score (nSPS) is 19.2. The minimum atomic E-state index is -0.405. The molecule has 1 aliphatic heterocycles. The zero-order valence-electron chi connectivity index (χ0n) is 16.4. The van der Waals surface area contributed by atoms with Gasteiger partial charge in [0.2, 0.25) is 5.91 Å². The molecule has 0 bridgehead atoms. The van der Waals surface area contributed by atoms with Crippen LogP contribution in [-0.4, -0.2) is 52.0 Å². The summed E-state index contributed by atoms with van der Waals surface area (Å²) < 4.78 is 0. The summed E-state index contributed by atoms with van der Waals surface area (Å²) in [5.74, 6) is 0.485. The highest BCUT2D eigenvalue weighted by Gasteiger charge is 2.33. The monoisotopic (exact) mass is 346 g/mol. The number of aliphatic hydroxyl groups excluding tert-OH is 1. The van der Waals surface area contributed by atoms with Crippen molar-refractivity contribution in [3.05, 3.63) is 35.9 Å². The van der Waals surface area contributed by atoms with Crippen molar-refractivity contribution in [3.63, 3.8) is 0 Å². The molecule has 140 valence electrons. The van der Waals surface area contributed by atoms with E-state index in [9.17, 15) is 9.90 Å². The number of carbonyl (C=O) groups is 1. The van der Waals surface area contributed by atoms with Crippen LogP contribution in [0, 0.1) is 5.92 Å². The zero-order chi connectivity index (χ0) is 18.6. The van der Waals surface area contributed by atoms with Crippen molar-refractivity contribution >= 4 is 5.91 Å². The van der Waals surface area contributed by atoms with E-state index < -0.39 is 6.10 Å². The second-order valence-corrected chi connectivity index (χ2v) is 7.84. The summed E-state index contributed by atoms with van der Waals surface area (Å²) in [6, 6.07) is 10.2. The molecular weight excluding hydrogens is 312 g/mol. The summed E-state index contributed by atoms with van der Waals surface area (Å²) in [6.45, 7) is 12.1. The van der Waals surface area contributed by atoms with E-state index in [1.54, 1.807) is 0 Å². The lowest BCUT2D eigenvalue weighted by atomic mass is 9.87. The summed E-state index contributed by atoms with van der Waals surface area (Å²) in [5, 5.41) is 10.6. The average Bonchev–Trinajstić information content (AvgIpc) is 2.60. The molecule has 4 nitrogen and oxygen atoms in total. The fourth-order valence-electron chi connectivity index (χ4n) is 4.02. The molecule has 2 atom stereocenters. The second kappa shape index (κ2) is 8.81. The number of rotatable bonds is 6.